The fourth-order valence-electron chi connectivity index (χ4n) is 4.63. The van der Waals surface area contributed by atoms with Crippen molar-refractivity contribution >= 4 is 22.6 Å². The first-order chi connectivity index (χ1) is 18.7. The quantitative estimate of drug-likeness (QED) is 0.298. The number of benzene rings is 3. The Hall–Kier alpha value is -4.13. The predicted molar refractivity (Wildman–Crippen MR) is 144 cm³/mol. The number of H-pyrrole nitrogens is 1. The number of aromatic nitrogens is 2. The van der Waals surface area contributed by atoms with Crippen LogP contribution in [0, 0.1) is 18.9 Å². The molecule has 2 heterocycles. The van der Waals surface area contributed by atoms with Crippen molar-refractivity contribution in [1.82, 2.24) is 14.8 Å². The number of likely N-dealkylation sites (N-methyl/N-ethyl adjacent to an activating group) is 1. The van der Waals surface area contributed by atoms with E-state index in [1.165, 1.54) is 12.1 Å². The maximum atomic E-state index is 13.9. The minimum Gasteiger partial charge on any atom is -0.322 e. The summed E-state index contributed by atoms with van der Waals surface area (Å²) < 4.78 is 43.6. The summed E-state index contributed by atoms with van der Waals surface area (Å²) in [7, 11) is 2.00. The van der Waals surface area contributed by atoms with Gasteiger partial charge in [0.2, 0.25) is 0 Å². The molecule has 1 amide bonds. The number of amides is 1. The van der Waals surface area contributed by atoms with Gasteiger partial charge in [-0.2, -0.15) is 13.2 Å². The number of aromatic amines is 1. The molecule has 39 heavy (non-hydrogen) atoms. The van der Waals surface area contributed by atoms with Crippen molar-refractivity contribution in [2.75, 3.05) is 38.5 Å². The van der Waals surface area contributed by atoms with Crippen LogP contribution in [0.5, 0.6) is 0 Å². The molecule has 0 unspecified atom stereocenters. The standard InChI is InChI=1S/C30H28F3N5O/c1-21-7-8-23(17-22(21)11-12-38-20-34-27-5-3-4-6-28(27)38)29(39)35-25-10-9-24(26(18-25)30(31,32)33)19-37-15-13-36(2)14-16-37/h3-10,17-18,20H,13-16,19H2,1-2H3,(H,35,39)/p+1. The molecule has 1 saturated heterocycles. The van der Waals surface area contributed by atoms with Crippen molar-refractivity contribution in [2.24, 2.45) is 0 Å². The van der Waals surface area contributed by atoms with Crippen LogP contribution in [0.2, 0.25) is 0 Å². The van der Waals surface area contributed by atoms with Gasteiger partial charge in [0.25, 0.3) is 12.2 Å². The first kappa shape index (κ1) is 26.5. The zero-order chi connectivity index (χ0) is 27.6. The predicted octanol–water partition coefficient (Wildman–Crippen LogP) is 4.64. The van der Waals surface area contributed by atoms with E-state index in [0.29, 0.717) is 24.2 Å². The molecular weight excluding hydrogens is 503 g/mol. The van der Waals surface area contributed by atoms with Crippen LogP contribution in [0.1, 0.15) is 32.6 Å². The first-order valence-electron chi connectivity index (χ1n) is 12.7. The second kappa shape index (κ2) is 10.9. The van der Waals surface area contributed by atoms with Crippen LogP contribution in [0.15, 0.2) is 67.0 Å². The van der Waals surface area contributed by atoms with Crippen LogP contribution in [0.25, 0.3) is 11.0 Å². The van der Waals surface area contributed by atoms with Crippen LogP contribution >= 0.6 is 0 Å². The topological polar surface area (TPSA) is 55.3 Å². The Morgan fingerprint density at radius 2 is 1.82 bits per heavy atom. The number of imidazole rings is 1. The number of fused-ring (bicyclic) bond motifs is 1. The van der Waals surface area contributed by atoms with Crippen LogP contribution in [0.4, 0.5) is 18.9 Å². The SMILES string of the molecule is Cc1ccc(C(=O)Nc2ccc(CN3CCN(C)CC3)c(C(F)(F)F)c2)cc1C#C[n+]1c[nH]c2ccccc21. The molecule has 2 N–H and O–H groups in total. The van der Waals surface area contributed by atoms with Crippen molar-refractivity contribution in [2.45, 2.75) is 19.6 Å². The molecule has 1 aliphatic heterocycles. The van der Waals surface area contributed by atoms with Crippen molar-refractivity contribution in [1.29, 1.82) is 0 Å². The summed E-state index contributed by atoms with van der Waals surface area (Å²) in [4.78, 5) is 20.3. The average Bonchev–Trinajstić information content (AvgIpc) is 3.33. The molecule has 0 aliphatic carbocycles. The molecule has 0 atom stereocenters. The van der Waals surface area contributed by atoms with Gasteiger partial charge in [-0.3, -0.25) is 9.69 Å². The number of piperazine rings is 1. The Morgan fingerprint density at radius 3 is 2.59 bits per heavy atom. The number of rotatable bonds is 4. The smallest absolute Gasteiger partial charge is 0.322 e. The van der Waals surface area contributed by atoms with Gasteiger partial charge in [-0.25, -0.2) is 4.98 Å². The van der Waals surface area contributed by atoms with Crippen LogP contribution < -0.4 is 9.88 Å². The van der Waals surface area contributed by atoms with Crippen molar-refractivity contribution in [3.8, 4) is 12.0 Å². The van der Waals surface area contributed by atoms with E-state index in [9.17, 15) is 18.0 Å². The fourth-order valence-corrected chi connectivity index (χ4v) is 4.63. The first-order valence-corrected chi connectivity index (χ1v) is 12.7. The monoisotopic (exact) mass is 532 g/mol. The molecule has 0 radical (unpaired) electrons. The van der Waals surface area contributed by atoms with Gasteiger partial charge >= 0.3 is 6.18 Å². The van der Waals surface area contributed by atoms with E-state index in [2.05, 4.69) is 27.2 Å². The number of hydrogen-bond donors (Lipinski definition) is 2. The third-order valence-corrected chi connectivity index (χ3v) is 6.99. The summed E-state index contributed by atoms with van der Waals surface area (Å²) in [6, 6.07) is 19.9. The highest BCUT2D eigenvalue weighted by molar-refractivity contribution is 6.04. The Kier molecular flexibility index (Phi) is 7.42. The molecule has 0 bridgehead atoms. The lowest BCUT2D eigenvalue weighted by Crippen LogP contribution is -2.44. The molecule has 0 saturated carbocycles. The number of hydrogen-bond acceptors (Lipinski definition) is 3. The molecule has 5 rings (SSSR count). The van der Waals surface area contributed by atoms with E-state index in [1.54, 1.807) is 29.1 Å². The molecule has 200 valence electrons. The Morgan fingerprint density at radius 1 is 1.05 bits per heavy atom. The number of para-hydroxylation sites is 2. The summed E-state index contributed by atoms with van der Waals surface area (Å²) in [5.41, 5.74) is 3.28. The lowest BCUT2D eigenvalue weighted by atomic mass is 10.0. The lowest BCUT2D eigenvalue weighted by molar-refractivity contribution is -0.554. The summed E-state index contributed by atoms with van der Waals surface area (Å²) in [5.74, 6) is 2.60. The van der Waals surface area contributed by atoms with E-state index < -0.39 is 17.6 Å². The second-order valence-electron chi connectivity index (χ2n) is 9.83. The van der Waals surface area contributed by atoms with Crippen LogP contribution in [-0.4, -0.2) is 53.9 Å². The number of nitrogens with one attached hydrogen (secondary N) is 2. The number of carbonyl (C=O) groups is 1. The lowest BCUT2D eigenvalue weighted by Gasteiger charge is -2.33. The summed E-state index contributed by atoms with van der Waals surface area (Å²) in [6.45, 7) is 5.16. The van der Waals surface area contributed by atoms with Crippen LogP contribution in [0.3, 0.4) is 0 Å². The zero-order valence-electron chi connectivity index (χ0n) is 21.8. The third kappa shape index (κ3) is 6.14. The van der Waals surface area contributed by atoms with Crippen molar-refractivity contribution < 1.29 is 22.5 Å². The van der Waals surface area contributed by atoms with E-state index >= 15 is 0 Å². The van der Waals surface area contributed by atoms with Gasteiger partial charge in [-0.05, 0) is 67.4 Å². The van der Waals surface area contributed by atoms with Gasteiger partial charge < -0.3 is 10.2 Å². The second-order valence-corrected chi connectivity index (χ2v) is 9.83. The number of anilines is 1. The molecule has 9 heteroatoms. The van der Waals surface area contributed by atoms with E-state index in [4.69, 9.17) is 0 Å². The Balaban J connectivity index is 1.35. The third-order valence-electron chi connectivity index (χ3n) is 6.99. The largest absolute Gasteiger partial charge is 0.416 e. The Labute approximate surface area is 225 Å². The molecular formula is C30H29F3N5O+. The minimum absolute atomic E-state index is 0.0945. The number of alkyl halides is 3. The average molecular weight is 533 g/mol. The molecule has 0 spiro atoms. The number of halogens is 3. The molecule has 1 fully saturated rings. The van der Waals surface area contributed by atoms with Gasteiger partial charge in [0, 0.05) is 49.5 Å². The molecule has 1 aromatic heterocycles. The minimum atomic E-state index is -4.53. The van der Waals surface area contributed by atoms with Gasteiger partial charge in [0.05, 0.1) is 5.56 Å². The maximum Gasteiger partial charge on any atom is 0.416 e. The highest BCUT2D eigenvalue weighted by Gasteiger charge is 2.34. The highest BCUT2D eigenvalue weighted by atomic mass is 19.4. The van der Waals surface area contributed by atoms with E-state index in [-0.39, 0.29) is 17.8 Å². The normalized spacial score (nSPS) is 14.7. The summed E-state index contributed by atoms with van der Waals surface area (Å²) >= 11 is 0. The van der Waals surface area contributed by atoms with Gasteiger partial charge in [0.15, 0.2) is 11.0 Å². The van der Waals surface area contributed by atoms with Crippen molar-refractivity contribution in [3.63, 3.8) is 0 Å². The zero-order valence-corrected chi connectivity index (χ0v) is 21.8. The Bertz CT molecular complexity index is 1570. The van der Waals surface area contributed by atoms with Crippen molar-refractivity contribution in [3.05, 3.63) is 94.8 Å². The molecule has 1 aliphatic rings. The number of nitrogens with zero attached hydrogens (tertiary/aromatic N) is 3. The van der Waals surface area contributed by atoms with E-state index in [0.717, 1.165) is 35.8 Å². The van der Waals surface area contributed by atoms with E-state index in [1.807, 2.05) is 43.1 Å². The summed E-state index contributed by atoms with van der Waals surface area (Å²) in [5, 5.41) is 2.63. The number of carbonyl (C=O) groups excluding carboxylic acids is 1. The van der Waals surface area contributed by atoms with Gasteiger partial charge in [0.1, 0.15) is 6.04 Å². The molecule has 4 aromatic rings. The van der Waals surface area contributed by atoms with Crippen LogP contribution in [-0.2, 0) is 12.7 Å². The molecule has 6 nitrogen and oxygen atoms in total. The molecule has 3 aromatic carbocycles. The summed E-state index contributed by atoms with van der Waals surface area (Å²) in [6.07, 6.45) is -2.77. The maximum absolute atomic E-state index is 13.9. The van der Waals surface area contributed by atoms with Gasteiger partial charge in [-0.15, -0.1) is 4.57 Å². The highest BCUT2D eigenvalue weighted by Crippen LogP contribution is 2.34. The fraction of sp³-hybridized carbons (Fsp3) is 0.267. The number of aryl methyl sites for hydroxylation is 1. The van der Waals surface area contributed by atoms with Gasteiger partial charge in [-0.1, -0.05) is 24.3 Å².